The topological polar surface area (TPSA) is 56.6 Å². The molecule has 1 unspecified atom stereocenters. The first-order valence-corrected chi connectivity index (χ1v) is 7.41. The second-order valence-electron chi connectivity index (χ2n) is 5.56. The Hall–Kier alpha value is -2.06. The van der Waals surface area contributed by atoms with Gasteiger partial charge < -0.3 is 9.64 Å². The Morgan fingerprint density at radius 1 is 1.29 bits per heavy atom. The average Bonchev–Trinajstić information content (AvgIpc) is 2.89. The molecule has 2 aliphatic rings. The zero-order valence-electron chi connectivity index (χ0n) is 12.0. The van der Waals surface area contributed by atoms with Crippen molar-refractivity contribution in [2.75, 3.05) is 32.8 Å². The lowest BCUT2D eigenvalue weighted by Gasteiger charge is -2.37. The van der Waals surface area contributed by atoms with E-state index in [9.17, 15) is 4.79 Å². The van der Waals surface area contributed by atoms with Crippen LogP contribution in [0.4, 0.5) is 0 Å². The molecule has 3 rings (SSSR count). The lowest BCUT2D eigenvalue weighted by atomic mass is 10.1. The average molecular weight is 285 g/mol. The maximum atomic E-state index is 11.6. The molecule has 110 valence electrons. The SMILES string of the molecule is N#Cc1ccc(OCCN2CCN3C(=O)CCC3C2)cc1. The third-order valence-corrected chi connectivity index (χ3v) is 4.24. The molecule has 1 aromatic carbocycles. The van der Waals surface area contributed by atoms with Crippen LogP contribution in [0.25, 0.3) is 0 Å². The minimum Gasteiger partial charge on any atom is -0.492 e. The summed E-state index contributed by atoms with van der Waals surface area (Å²) in [7, 11) is 0. The van der Waals surface area contributed by atoms with Crippen molar-refractivity contribution in [3.63, 3.8) is 0 Å². The first kappa shape index (κ1) is 13.9. The summed E-state index contributed by atoms with van der Waals surface area (Å²) in [5, 5.41) is 8.74. The molecule has 2 fully saturated rings. The predicted molar refractivity (Wildman–Crippen MR) is 77.8 cm³/mol. The third-order valence-electron chi connectivity index (χ3n) is 4.24. The molecule has 0 spiro atoms. The van der Waals surface area contributed by atoms with Crippen LogP contribution >= 0.6 is 0 Å². The molecule has 2 heterocycles. The van der Waals surface area contributed by atoms with Gasteiger partial charge in [-0.05, 0) is 30.7 Å². The van der Waals surface area contributed by atoms with Gasteiger partial charge in [0.2, 0.25) is 5.91 Å². The first-order valence-electron chi connectivity index (χ1n) is 7.41. The van der Waals surface area contributed by atoms with E-state index in [-0.39, 0.29) is 0 Å². The van der Waals surface area contributed by atoms with E-state index in [0.717, 1.165) is 38.3 Å². The van der Waals surface area contributed by atoms with E-state index in [4.69, 9.17) is 10.00 Å². The lowest BCUT2D eigenvalue weighted by molar-refractivity contribution is -0.130. The zero-order chi connectivity index (χ0) is 14.7. The van der Waals surface area contributed by atoms with Gasteiger partial charge >= 0.3 is 0 Å². The second kappa shape index (κ2) is 6.15. The monoisotopic (exact) mass is 285 g/mol. The predicted octanol–water partition coefficient (Wildman–Crippen LogP) is 1.24. The van der Waals surface area contributed by atoms with Crippen molar-refractivity contribution >= 4 is 5.91 Å². The molecule has 0 bridgehead atoms. The molecule has 1 atom stereocenters. The normalized spacial score (nSPS) is 22.0. The summed E-state index contributed by atoms with van der Waals surface area (Å²) in [4.78, 5) is 16.0. The van der Waals surface area contributed by atoms with Crippen LogP contribution in [-0.2, 0) is 4.79 Å². The minimum absolute atomic E-state index is 0.313. The Labute approximate surface area is 124 Å². The molecular formula is C16H19N3O2. The Morgan fingerprint density at radius 2 is 2.10 bits per heavy atom. The van der Waals surface area contributed by atoms with E-state index >= 15 is 0 Å². The summed E-state index contributed by atoms with van der Waals surface area (Å²) in [5.74, 6) is 1.11. The highest BCUT2D eigenvalue weighted by Gasteiger charge is 2.35. The highest BCUT2D eigenvalue weighted by molar-refractivity contribution is 5.78. The van der Waals surface area contributed by atoms with Crippen molar-refractivity contribution in [1.29, 1.82) is 5.26 Å². The van der Waals surface area contributed by atoms with Gasteiger partial charge in [-0.3, -0.25) is 9.69 Å². The van der Waals surface area contributed by atoms with Gasteiger partial charge in [0.25, 0.3) is 0 Å². The fourth-order valence-electron chi connectivity index (χ4n) is 3.05. The van der Waals surface area contributed by atoms with Gasteiger partial charge in [0.15, 0.2) is 0 Å². The van der Waals surface area contributed by atoms with Crippen molar-refractivity contribution in [2.24, 2.45) is 0 Å². The molecular weight excluding hydrogens is 266 g/mol. The van der Waals surface area contributed by atoms with E-state index < -0.39 is 0 Å². The molecule has 2 saturated heterocycles. The van der Waals surface area contributed by atoms with Crippen molar-refractivity contribution in [2.45, 2.75) is 18.9 Å². The van der Waals surface area contributed by atoms with Crippen LogP contribution in [-0.4, -0.2) is 54.5 Å². The van der Waals surface area contributed by atoms with Crippen LogP contribution in [0, 0.1) is 11.3 Å². The number of fused-ring (bicyclic) bond motifs is 1. The van der Waals surface area contributed by atoms with E-state index in [1.807, 2.05) is 17.0 Å². The minimum atomic E-state index is 0.313. The molecule has 5 nitrogen and oxygen atoms in total. The molecule has 0 radical (unpaired) electrons. The van der Waals surface area contributed by atoms with Gasteiger partial charge in [0, 0.05) is 38.6 Å². The number of hydrogen-bond acceptors (Lipinski definition) is 4. The summed E-state index contributed by atoms with van der Waals surface area (Å²) < 4.78 is 5.71. The fourth-order valence-corrected chi connectivity index (χ4v) is 3.05. The summed E-state index contributed by atoms with van der Waals surface area (Å²) in [6, 6.07) is 9.67. The Morgan fingerprint density at radius 3 is 2.86 bits per heavy atom. The Balaban J connectivity index is 1.43. The Kier molecular flexibility index (Phi) is 4.07. The second-order valence-corrected chi connectivity index (χ2v) is 5.56. The standard InChI is InChI=1S/C16H19N3O2/c17-11-13-1-4-15(5-2-13)21-10-9-18-7-8-19-14(12-18)3-6-16(19)20/h1-2,4-5,14H,3,6-10,12H2. The van der Waals surface area contributed by atoms with E-state index in [1.54, 1.807) is 12.1 Å². The molecule has 1 amide bonds. The molecule has 0 saturated carbocycles. The summed E-state index contributed by atoms with van der Waals surface area (Å²) in [6.07, 6.45) is 1.70. The number of ether oxygens (including phenoxy) is 1. The zero-order valence-corrected chi connectivity index (χ0v) is 12.0. The Bertz CT molecular complexity index is 550. The summed E-state index contributed by atoms with van der Waals surface area (Å²) >= 11 is 0. The number of hydrogen-bond donors (Lipinski definition) is 0. The van der Waals surface area contributed by atoms with Crippen LogP contribution in [0.2, 0.25) is 0 Å². The molecule has 5 heteroatoms. The van der Waals surface area contributed by atoms with Crippen molar-refractivity contribution in [1.82, 2.24) is 9.80 Å². The van der Waals surface area contributed by atoms with Gasteiger partial charge in [-0.1, -0.05) is 0 Å². The molecule has 1 aromatic rings. The maximum absolute atomic E-state index is 11.6. The number of carbonyl (C=O) groups excluding carboxylic acids is 1. The summed E-state index contributed by atoms with van der Waals surface area (Å²) in [6.45, 7) is 4.24. The molecule has 0 aromatic heterocycles. The van der Waals surface area contributed by atoms with E-state index in [1.165, 1.54) is 0 Å². The quantitative estimate of drug-likeness (QED) is 0.835. The number of carbonyl (C=O) groups is 1. The molecule has 0 aliphatic carbocycles. The maximum Gasteiger partial charge on any atom is 0.222 e. The van der Waals surface area contributed by atoms with E-state index in [0.29, 0.717) is 30.5 Å². The van der Waals surface area contributed by atoms with Gasteiger partial charge in [-0.2, -0.15) is 5.26 Å². The number of piperazine rings is 1. The smallest absolute Gasteiger partial charge is 0.222 e. The number of rotatable bonds is 4. The van der Waals surface area contributed by atoms with Gasteiger partial charge in [0.05, 0.1) is 11.6 Å². The highest BCUT2D eigenvalue weighted by atomic mass is 16.5. The summed E-state index contributed by atoms with van der Waals surface area (Å²) in [5.41, 5.74) is 0.643. The van der Waals surface area contributed by atoms with Crippen molar-refractivity contribution in [3.05, 3.63) is 29.8 Å². The van der Waals surface area contributed by atoms with Crippen molar-refractivity contribution in [3.8, 4) is 11.8 Å². The van der Waals surface area contributed by atoms with Crippen LogP contribution in [0.3, 0.4) is 0 Å². The molecule has 2 aliphatic heterocycles. The molecule has 21 heavy (non-hydrogen) atoms. The van der Waals surface area contributed by atoms with E-state index in [2.05, 4.69) is 11.0 Å². The van der Waals surface area contributed by atoms with Crippen LogP contribution in [0.1, 0.15) is 18.4 Å². The van der Waals surface area contributed by atoms with Gasteiger partial charge in [-0.15, -0.1) is 0 Å². The number of benzene rings is 1. The largest absolute Gasteiger partial charge is 0.492 e. The van der Waals surface area contributed by atoms with Crippen LogP contribution in [0.15, 0.2) is 24.3 Å². The third kappa shape index (κ3) is 3.17. The van der Waals surface area contributed by atoms with Gasteiger partial charge in [0.1, 0.15) is 12.4 Å². The lowest BCUT2D eigenvalue weighted by Crippen LogP contribution is -2.52. The van der Waals surface area contributed by atoms with Gasteiger partial charge in [-0.25, -0.2) is 0 Å². The van der Waals surface area contributed by atoms with Crippen molar-refractivity contribution < 1.29 is 9.53 Å². The van der Waals surface area contributed by atoms with Crippen LogP contribution in [0.5, 0.6) is 5.75 Å². The fraction of sp³-hybridized carbons (Fsp3) is 0.500. The molecule has 0 N–H and O–H groups in total. The number of nitriles is 1. The number of nitrogens with zero attached hydrogens (tertiary/aromatic N) is 3. The number of amides is 1. The first-order chi connectivity index (χ1) is 10.3. The highest BCUT2D eigenvalue weighted by Crippen LogP contribution is 2.22. The van der Waals surface area contributed by atoms with Crippen LogP contribution < -0.4 is 4.74 Å².